The second kappa shape index (κ2) is 4.84. The smallest absolute Gasteiger partial charge is 0.224 e. The minimum Gasteiger partial charge on any atom is -0.346 e. The van der Waals surface area contributed by atoms with Crippen molar-refractivity contribution in [2.75, 3.05) is 13.1 Å². The first-order chi connectivity index (χ1) is 10.2. The number of amides is 1. The molecule has 1 heterocycles. The van der Waals surface area contributed by atoms with Crippen molar-refractivity contribution in [1.82, 2.24) is 10.6 Å². The highest BCUT2D eigenvalue weighted by Gasteiger charge is 2.58. The lowest BCUT2D eigenvalue weighted by Gasteiger charge is -2.43. The highest BCUT2D eigenvalue weighted by molar-refractivity contribution is 5.83. The number of hydrogen-bond donors (Lipinski definition) is 2. The third-order valence-corrected chi connectivity index (χ3v) is 6.00. The normalized spacial score (nSPS) is 28.7. The fourth-order valence-corrected chi connectivity index (χ4v) is 4.29. The minimum atomic E-state index is -0.0744. The van der Waals surface area contributed by atoms with Gasteiger partial charge in [-0.15, -0.1) is 0 Å². The Bertz CT molecular complexity index is 529. The Hall–Kier alpha value is -1.35. The number of nitrogens with one attached hydrogen (secondary N) is 2. The van der Waals surface area contributed by atoms with E-state index in [1.54, 1.807) is 0 Å². The summed E-state index contributed by atoms with van der Waals surface area (Å²) in [6.45, 7) is 2.15. The molecule has 1 amide bonds. The highest BCUT2D eigenvalue weighted by atomic mass is 16.2. The Labute approximate surface area is 126 Å². The Morgan fingerprint density at radius 1 is 1.10 bits per heavy atom. The Morgan fingerprint density at radius 2 is 1.81 bits per heavy atom. The van der Waals surface area contributed by atoms with Crippen LogP contribution >= 0.6 is 0 Å². The third-order valence-electron chi connectivity index (χ3n) is 6.00. The van der Waals surface area contributed by atoms with Crippen LogP contribution in [-0.4, -0.2) is 19.0 Å². The third kappa shape index (κ3) is 2.18. The molecule has 1 aromatic carbocycles. The van der Waals surface area contributed by atoms with Gasteiger partial charge in [0.15, 0.2) is 0 Å². The molecule has 3 heteroatoms. The SMILES string of the molecule is O=C(NC1(c2ccccc2)CCC1)C1CC12CCNCC2. The molecular weight excluding hydrogens is 260 g/mol. The van der Waals surface area contributed by atoms with Crippen LogP contribution in [-0.2, 0) is 10.3 Å². The molecule has 4 rings (SSSR count). The van der Waals surface area contributed by atoms with Crippen LogP contribution in [0.3, 0.4) is 0 Å². The van der Waals surface area contributed by atoms with Crippen LogP contribution in [0.25, 0.3) is 0 Å². The second-order valence-corrected chi connectivity index (χ2v) is 7.16. The van der Waals surface area contributed by atoms with Crippen LogP contribution in [0.5, 0.6) is 0 Å². The first kappa shape index (κ1) is 13.3. The van der Waals surface area contributed by atoms with Gasteiger partial charge in [-0.05, 0) is 62.6 Å². The molecule has 3 fully saturated rings. The lowest BCUT2D eigenvalue weighted by atomic mass is 9.71. The summed E-state index contributed by atoms with van der Waals surface area (Å²) in [5, 5.41) is 6.82. The van der Waals surface area contributed by atoms with E-state index in [4.69, 9.17) is 0 Å². The van der Waals surface area contributed by atoms with E-state index in [-0.39, 0.29) is 11.5 Å². The fourth-order valence-electron chi connectivity index (χ4n) is 4.29. The maximum Gasteiger partial charge on any atom is 0.224 e. The molecule has 112 valence electrons. The quantitative estimate of drug-likeness (QED) is 0.895. The van der Waals surface area contributed by atoms with Crippen molar-refractivity contribution in [3.63, 3.8) is 0 Å². The Morgan fingerprint density at radius 3 is 2.43 bits per heavy atom. The summed E-state index contributed by atoms with van der Waals surface area (Å²) in [5.74, 6) is 0.571. The van der Waals surface area contributed by atoms with Gasteiger partial charge in [0.25, 0.3) is 0 Å². The average Bonchev–Trinajstić information content (AvgIpc) is 3.18. The zero-order chi connectivity index (χ0) is 14.3. The maximum atomic E-state index is 12.7. The number of benzene rings is 1. The van der Waals surface area contributed by atoms with Crippen LogP contribution in [0.1, 0.15) is 44.1 Å². The summed E-state index contributed by atoms with van der Waals surface area (Å²) in [5.41, 5.74) is 1.54. The first-order valence-electron chi connectivity index (χ1n) is 8.33. The molecule has 3 nitrogen and oxygen atoms in total. The molecule has 2 aliphatic carbocycles. The molecule has 1 unspecified atom stereocenters. The van der Waals surface area contributed by atoms with Gasteiger partial charge < -0.3 is 10.6 Å². The van der Waals surface area contributed by atoms with Gasteiger partial charge in [-0.1, -0.05) is 30.3 Å². The van der Waals surface area contributed by atoms with Gasteiger partial charge in [0.2, 0.25) is 5.91 Å². The van der Waals surface area contributed by atoms with Crippen molar-refractivity contribution >= 4 is 5.91 Å². The summed E-state index contributed by atoms with van der Waals surface area (Å²) in [6.07, 6.45) is 6.83. The molecule has 2 saturated carbocycles. The summed E-state index contributed by atoms with van der Waals surface area (Å²) >= 11 is 0. The maximum absolute atomic E-state index is 12.7. The van der Waals surface area contributed by atoms with Crippen LogP contribution in [0.4, 0.5) is 0 Å². The van der Waals surface area contributed by atoms with Crippen molar-refractivity contribution in [1.29, 1.82) is 0 Å². The second-order valence-electron chi connectivity index (χ2n) is 7.16. The molecule has 1 aromatic rings. The Kier molecular flexibility index (Phi) is 3.07. The molecule has 0 radical (unpaired) electrons. The zero-order valence-corrected chi connectivity index (χ0v) is 12.5. The monoisotopic (exact) mass is 284 g/mol. The van der Waals surface area contributed by atoms with Gasteiger partial charge in [-0.2, -0.15) is 0 Å². The van der Waals surface area contributed by atoms with Crippen molar-refractivity contribution < 1.29 is 4.79 Å². The minimum absolute atomic E-state index is 0.0744. The van der Waals surface area contributed by atoms with Gasteiger partial charge in [0, 0.05) is 5.92 Å². The van der Waals surface area contributed by atoms with Crippen LogP contribution in [0.15, 0.2) is 30.3 Å². The Balaban J connectivity index is 1.47. The molecule has 1 atom stereocenters. The predicted molar refractivity (Wildman–Crippen MR) is 82.8 cm³/mol. The standard InChI is InChI=1S/C18H24N2O/c21-16(15-13-17(15)9-11-19-12-10-17)20-18(7-4-8-18)14-5-2-1-3-6-14/h1-3,5-6,15,19H,4,7-13H2,(H,20,21). The van der Waals surface area contributed by atoms with E-state index in [9.17, 15) is 4.79 Å². The lowest BCUT2D eigenvalue weighted by Crippen LogP contribution is -2.51. The average molecular weight is 284 g/mol. The summed E-state index contributed by atoms with van der Waals surface area (Å²) < 4.78 is 0. The first-order valence-corrected chi connectivity index (χ1v) is 8.33. The van der Waals surface area contributed by atoms with Crippen LogP contribution < -0.4 is 10.6 Å². The van der Waals surface area contributed by atoms with E-state index in [0.29, 0.717) is 11.3 Å². The van der Waals surface area contributed by atoms with E-state index < -0.39 is 0 Å². The molecule has 3 aliphatic rings. The fraction of sp³-hybridized carbons (Fsp3) is 0.611. The predicted octanol–water partition coefficient (Wildman–Crippen LogP) is 2.57. The van der Waals surface area contributed by atoms with Crippen molar-refractivity contribution in [3.8, 4) is 0 Å². The van der Waals surface area contributed by atoms with E-state index in [1.807, 2.05) is 6.07 Å². The van der Waals surface area contributed by atoms with Crippen LogP contribution in [0, 0.1) is 11.3 Å². The van der Waals surface area contributed by atoms with Crippen molar-refractivity contribution in [3.05, 3.63) is 35.9 Å². The van der Waals surface area contributed by atoms with Crippen molar-refractivity contribution in [2.45, 2.75) is 44.1 Å². The largest absolute Gasteiger partial charge is 0.346 e. The molecule has 0 bridgehead atoms. The van der Waals surface area contributed by atoms with Crippen molar-refractivity contribution in [2.24, 2.45) is 11.3 Å². The molecule has 0 aromatic heterocycles. The highest BCUT2D eigenvalue weighted by Crippen LogP contribution is 2.59. The molecule has 1 saturated heterocycles. The van der Waals surface area contributed by atoms with E-state index in [1.165, 1.54) is 24.8 Å². The van der Waals surface area contributed by atoms with Gasteiger partial charge in [0.1, 0.15) is 0 Å². The van der Waals surface area contributed by atoms with Gasteiger partial charge >= 0.3 is 0 Å². The number of hydrogen-bond acceptors (Lipinski definition) is 2. The zero-order valence-electron chi connectivity index (χ0n) is 12.5. The summed E-state index contributed by atoms with van der Waals surface area (Å²) in [7, 11) is 0. The number of carbonyl (C=O) groups is 1. The lowest BCUT2D eigenvalue weighted by molar-refractivity contribution is -0.126. The van der Waals surface area contributed by atoms with E-state index >= 15 is 0 Å². The molecule has 2 N–H and O–H groups in total. The summed E-state index contributed by atoms with van der Waals surface area (Å²) in [4.78, 5) is 12.7. The number of rotatable bonds is 3. The summed E-state index contributed by atoms with van der Waals surface area (Å²) in [6, 6.07) is 10.5. The molecule has 1 aliphatic heterocycles. The number of piperidine rings is 1. The van der Waals surface area contributed by atoms with Gasteiger partial charge in [0.05, 0.1) is 5.54 Å². The van der Waals surface area contributed by atoms with E-state index in [0.717, 1.165) is 32.4 Å². The van der Waals surface area contributed by atoms with Gasteiger partial charge in [-0.25, -0.2) is 0 Å². The van der Waals surface area contributed by atoms with Crippen LogP contribution in [0.2, 0.25) is 0 Å². The molecule has 21 heavy (non-hydrogen) atoms. The topological polar surface area (TPSA) is 41.1 Å². The molecular formula is C18H24N2O. The number of carbonyl (C=O) groups excluding carboxylic acids is 1. The van der Waals surface area contributed by atoms with E-state index in [2.05, 4.69) is 34.9 Å². The molecule has 1 spiro atoms. The van der Waals surface area contributed by atoms with Gasteiger partial charge in [-0.3, -0.25) is 4.79 Å².